The highest BCUT2D eigenvalue weighted by atomic mass is 32.2. The Bertz CT molecular complexity index is 519. The molecule has 1 aliphatic rings. The van der Waals surface area contributed by atoms with Crippen molar-refractivity contribution in [3.63, 3.8) is 0 Å². The third-order valence-electron chi connectivity index (χ3n) is 3.23. The number of nitrogens with one attached hydrogen (secondary N) is 2. The fourth-order valence-electron chi connectivity index (χ4n) is 2.08. The minimum Gasteiger partial charge on any atom is -0.374 e. The van der Waals surface area contributed by atoms with Gasteiger partial charge in [0.1, 0.15) is 0 Å². The summed E-state index contributed by atoms with van der Waals surface area (Å²) in [6, 6.07) is 1.71. The van der Waals surface area contributed by atoms with E-state index in [-0.39, 0.29) is 5.60 Å². The predicted octanol–water partition coefficient (Wildman–Crippen LogP) is 1.31. The van der Waals surface area contributed by atoms with Gasteiger partial charge in [0, 0.05) is 30.0 Å². The summed E-state index contributed by atoms with van der Waals surface area (Å²) in [5.41, 5.74) is -0.364. The van der Waals surface area contributed by atoms with Crippen LogP contribution in [0.5, 0.6) is 0 Å². The standard InChI is InChI=1S/C12H20N2O3S2/c1-12(4-3-5-17-12)9-14-19(15,16)11-6-10(7-13-2)18-8-11/h6,8,13-14H,3-5,7,9H2,1-2H3. The summed E-state index contributed by atoms with van der Waals surface area (Å²) in [5, 5.41) is 4.68. The van der Waals surface area contributed by atoms with E-state index >= 15 is 0 Å². The zero-order valence-corrected chi connectivity index (χ0v) is 12.9. The normalized spacial score (nSPS) is 23.9. The van der Waals surface area contributed by atoms with E-state index in [2.05, 4.69) is 10.0 Å². The van der Waals surface area contributed by atoms with E-state index in [1.54, 1.807) is 11.4 Å². The average Bonchev–Trinajstić information content (AvgIpc) is 2.98. The van der Waals surface area contributed by atoms with E-state index in [1.807, 2.05) is 14.0 Å². The lowest BCUT2D eigenvalue weighted by Gasteiger charge is -2.23. The Balaban J connectivity index is 2.01. The predicted molar refractivity (Wildman–Crippen MR) is 75.9 cm³/mol. The van der Waals surface area contributed by atoms with Crippen molar-refractivity contribution in [2.24, 2.45) is 0 Å². The minimum absolute atomic E-state index is 0.326. The first-order valence-corrected chi connectivity index (χ1v) is 8.67. The van der Waals surface area contributed by atoms with Gasteiger partial charge >= 0.3 is 0 Å². The van der Waals surface area contributed by atoms with E-state index in [9.17, 15) is 8.42 Å². The highest BCUT2D eigenvalue weighted by Gasteiger charge is 2.31. The van der Waals surface area contributed by atoms with Gasteiger partial charge in [-0.15, -0.1) is 11.3 Å². The molecule has 1 aliphatic heterocycles. The highest BCUT2D eigenvalue weighted by molar-refractivity contribution is 7.89. The zero-order valence-electron chi connectivity index (χ0n) is 11.2. The first kappa shape index (κ1) is 14.9. The van der Waals surface area contributed by atoms with E-state index in [0.29, 0.717) is 24.6 Å². The van der Waals surface area contributed by atoms with Crippen LogP contribution in [0.2, 0.25) is 0 Å². The van der Waals surface area contributed by atoms with Crippen LogP contribution in [0.1, 0.15) is 24.6 Å². The SMILES string of the molecule is CNCc1cc(S(=O)(=O)NCC2(C)CCCO2)cs1. The fraction of sp³-hybridized carbons (Fsp3) is 0.667. The molecule has 2 heterocycles. The van der Waals surface area contributed by atoms with Crippen LogP contribution in [0.15, 0.2) is 16.3 Å². The van der Waals surface area contributed by atoms with Crippen molar-refractivity contribution in [2.45, 2.75) is 36.8 Å². The lowest BCUT2D eigenvalue weighted by atomic mass is 10.0. The number of thiophene rings is 1. The van der Waals surface area contributed by atoms with Crippen molar-refractivity contribution in [1.82, 2.24) is 10.0 Å². The van der Waals surface area contributed by atoms with Crippen LogP contribution in [0, 0.1) is 0 Å². The van der Waals surface area contributed by atoms with Crippen molar-refractivity contribution in [3.05, 3.63) is 16.3 Å². The molecular weight excluding hydrogens is 284 g/mol. The number of sulfonamides is 1. The van der Waals surface area contributed by atoms with Crippen molar-refractivity contribution >= 4 is 21.4 Å². The van der Waals surface area contributed by atoms with Crippen molar-refractivity contribution in [3.8, 4) is 0 Å². The molecule has 5 nitrogen and oxygen atoms in total. The van der Waals surface area contributed by atoms with Crippen LogP contribution < -0.4 is 10.0 Å². The van der Waals surface area contributed by atoms with Gasteiger partial charge in [-0.2, -0.15) is 0 Å². The van der Waals surface area contributed by atoms with Crippen LogP contribution in [0.4, 0.5) is 0 Å². The van der Waals surface area contributed by atoms with Crippen LogP contribution >= 0.6 is 11.3 Å². The number of hydrogen-bond acceptors (Lipinski definition) is 5. The van der Waals surface area contributed by atoms with Crippen molar-refractivity contribution in [2.75, 3.05) is 20.2 Å². The molecular formula is C12H20N2O3S2. The van der Waals surface area contributed by atoms with Gasteiger partial charge < -0.3 is 10.1 Å². The fourth-order valence-corrected chi connectivity index (χ4v) is 4.52. The maximum Gasteiger partial charge on any atom is 0.241 e. The molecule has 1 fully saturated rings. The Morgan fingerprint density at radius 1 is 1.53 bits per heavy atom. The summed E-state index contributed by atoms with van der Waals surface area (Å²) in [4.78, 5) is 1.34. The first-order valence-electron chi connectivity index (χ1n) is 6.31. The Morgan fingerprint density at radius 3 is 2.95 bits per heavy atom. The summed E-state index contributed by atoms with van der Waals surface area (Å²) in [6.45, 7) is 3.67. The molecule has 0 aromatic carbocycles. The number of hydrogen-bond donors (Lipinski definition) is 2. The molecule has 0 aliphatic carbocycles. The second-order valence-electron chi connectivity index (χ2n) is 5.01. The maximum atomic E-state index is 12.2. The van der Waals surface area contributed by atoms with Gasteiger partial charge in [0.25, 0.3) is 0 Å². The van der Waals surface area contributed by atoms with Crippen LogP contribution in [-0.2, 0) is 21.3 Å². The molecule has 1 saturated heterocycles. The van der Waals surface area contributed by atoms with Gasteiger partial charge in [-0.25, -0.2) is 13.1 Å². The molecule has 0 amide bonds. The van der Waals surface area contributed by atoms with E-state index in [1.165, 1.54) is 11.3 Å². The van der Waals surface area contributed by atoms with Gasteiger partial charge in [0.05, 0.1) is 10.5 Å². The average molecular weight is 304 g/mol. The monoisotopic (exact) mass is 304 g/mol. The van der Waals surface area contributed by atoms with Crippen molar-refractivity contribution in [1.29, 1.82) is 0 Å². The summed E-state index contributed by atoms with van der Waals surface area (Å²) < 4.78 is 32.6. The van der Waals surface area contributed by atoms with Gasteiger partial charge in [0.15, 0.2) is 0 Å². The van der Waals surface area contributed by atoms with Crippen molar-refractivity contribution < 1.29 is 13.2 Å². The summed E-state index contributed by atoms with van der Waals surface area (Å²) in [6.07, 6.45) is 1.88. The molecule has 108 valence electrons. The highest BCUT2D eigenvalue weighted by Crippen LogP contribution is 2.25. The minimum atomic E-state index is -3.43. The first-order chi connectivity index (χ1) is 8.95. The lowest BCUT2D eigenvalue weighted by Crippen LogP contribution is -2.39. The molecule has 0 saturated carbocycles. The van der Waals surface area contributed by atoms with Gasteiger partial charge in [-0.05, 0) is 32.9 Å². The van der Waals surface area contributed by atoms with Crippen LogP contribution in [-0.4, -0.2) is 34.2 Å². The number of rotatable bonds is 6. The zero-order chi connectivity index (χ0) is 13.9. The Kier molecular flexibility index (Phi) is 4.62. The number of ether oxygens (including phenoxy) is 1. The van der Waals surface area contributed by atoms with Crippen LogP contribution in [0.25, 0.3) is 0 Å². The summed E-state index contributed by atoms with van der Waals surface area (Å²) in [7, 11) is -1.59. The van der Waals surface area contributed by atoms with E-state index in [4.69, 9.17) is 4.74 Å². The molecule has 1 atom stereocenters. The molecule has 0 radical (unpaired) electrons. The van der Waals surface area contributed by atoms with Crippen LogP contribution in [0.3, 0.4) is 0 Å². The molecule has 0 bridgehead atoms. The smallest absolute Gasteiger partial charge is 0.241 e. The van der Waals surface area contributed by atoms with E-state index < -0.39 is 10.0 Å². The summed E-state index contributed by atoms with van der Waals surface area (Å²) in [5.74, 6) is 0. The summed E-state index contributed by atoms with van der Waals surface area (Å²) >= 11 is 1.45. The Morgan fingerprint density at radius 2 is 2.32 bits per heavy atom. The third kappa shape index (κ3) is 3.76. The second kappa shape index (κ2) is 5.88. The quantitative estimate of drug-likeness (QED) is 0.832. The third-order valence-corrected chi connectivity index (χ3v) is 5.69. The second-order valence-corrected chi connectivity index (χ2v) is 7.77. The molecule has 2 N–H and O–H groups in total. The molecule has 1 unspecified atom stereocenters. The molecule has 19 heavy (non-hydrogen) atoms. The lowest BCUT2D eigenvalue weighted by molar-refractivity contribution is 0.0250. The largest absolute Gasteiger partial charge is 0.374 e. The maximum absolute atomic E-state index is 12.2. The molecule has 2 rings (SSSR count). The molecule has 0 spiro atoms. The Hall–Kier alpha value is -0.470. The van der Waals surface area contributed by atoms with Gasteiger partial charge in [0.2, 0.25) is 10.0 Å². The van der Waals surface area contributed by atoms with Gasteiger partial charge in [-0.3, -0.25) is 0 Å². The molecule has 7 heteroatoms. The molecule has 1 aromatic rings. The Labute approximate surface area is 118 Å². The molecule has 1 aromatic heterocycles. The van der Waals surface area contributed by atoms with E-state index in [0.717, 1.165) is 17.7 Å². The van der Waals surface area contributed by atoms with Gasteiger partial charge in [-0.1, -0.05) is 0 Å². The topological polar surface area (TPSA) is 67.4 Å².